The third kappa shape index (κ3) is 3.84. The first-order chi connectivity index (χ1) is 15.4. The average Bonchev–Trinajstić information content (AvgIpc) is 3.28. The Balaban J connectivity index is 1.28. The number of piperidine rings is 1. The van der Waals surface area contributed by atoms with Crippen LogP contribution in [0.1, 0.15) is 55.9 Å². The minimum absolute atomic E-state index is 0.0476. The lowest BCUT2D eigenvalue weighted by atomic mass is 9.82. The Morgan fingerprint density at radius 3 is 2.84 bits per heavy atom. The van der Waals surface area contributed by atoms with Gasteiger partial charge in [0.15, 0.2) is 5.69 Å². The molecule has 0 spiro atoms. The Morgan fingerprint density at radius 1 is 1.22 bits per heavy atom. The largest absolute Gasteiger partial charge is 0.364 e. The Labute approximate surface area is 186 Å². The molecule has 3 heterocycles. The predicted molar refractivity (Wildman–Crippen MR) is 117 cm³/mol. The van der Waals surface area contributed by atoms with Crippen molar-refractivity contribution in [1.82, 2.24) is 25.0 Å². The highest BCUT2D eigenvalue weighted by molar-refractivity contribution is 6.04. The van der Waals surface area contributed by atoms with E-state index in [9.17, 15) is 14.4 Å². The molecule has 3 aliphatic rings. The molecule has 3 amide bonds. The van der Waals surface area contributed by atoms with Crippen molar-refractivity contribution < 1.29 is 14.4 Å². The van der Waals surface area contributed by atoms with E-state index in [2.05, 4.69) is 22.3 Å². The molecule has 2 aromatic heterocycles. The molecule has 9 nitrogen and oxygen atoms in total. The monoisotopic (exact) mass is 438 g/mol. The van der Waals surface area contributed by atoms with Crippen LogP contribution in [0.5, 0.6) is 0 Å². The van der Waals surface area contributed by atoms with E-state index in [0.717, 1.165) is 25.7 Å². The van der Waals surface area contributed by atoms with Crippen molar-refractivity contribution in [1.29, 1.82) is 0 Å². The van der Waals surface area contributed by atoms with Gasteiger partial charge in [-0.3, -0.25) is 24.0 Å². The summed E-state index contributed by atoms with van der Waals surface area (Å²) in [5, 5.41) is 7.97. The van der Waals surface area contributed by atoms with Gasteiger partial charge in [-0.25, -0.2) is 0 Å². The molecule has 2 saturated carbocycles. The van der Waals surface area contributed by atoms with Gasteiger partial charge in [0.1, 0.15) is 12.6 Å². The van der Waals surface area contributed by atoms with Gasteiger partial charge < -0.3 is 16.0 Å². The highest BCUT2D eigenvalue weighted by atomic mass is 16.2. The van der Waals surface area contributed by atoms with Crippen LogP contribution in [-0.4, -0.2) is 56.0 Å². The molecule has 1 aliphatic heterocycles. The van der Waals surface area contributed by atoms with Gasteiger partial charge in [0.2, 0.25) is 11.8 Å². The summed E-state index contributed by atoms with van der Waals surface area (Å²) in [6, 6.07) is 1.37. The quantitative estimate of drug-likeness (QED) is 0.707. The van der Waals surface area contributed by atoms with Crippen LogP contribution in [0.2, 0.25) is 0 Å². The number of nitrogens with one attached hydrogen (secondary N) is 1. The van der Waals surface area contributed by atoms with Crippen LogP contribution in [0.15, 0.2) is 18.5 Å². The number of rotatable bonds is 6. The van der Waals surface area contributed by atoms with Gasteiger partial charge in [0.05, 0.1) is 11.7 Å². The normalized spacial score (nSPS) is 29.0. The number of nitrogens with two attached hydrogens (primary N) is 1. The lowest BCUT2D eigenvalue weighted by molar-refractivity contribution is -0.140. The highest BCUT2D eigenvalue weighted by Crippen LogP contribution is 2.48. The smallest absolute Gasteiger partial charge is 0.269 e. The van der Waals surface area contributed by atoms with E-state index in [1.165, 1.54) is 17.5 Å². The van der Waals surface area contributed by atoms with Crippen LogP contribution in [0.3, 0.4) is 0 Å². The molecule has 2 aliphatic carbocycles. The van der Waals surface area contributed by atoms with Crippen molar-refractivity contribution in [2.24, 2.45) is 23.5 Å². The number of hydrogen-bond donors (Lipinski definition) is 2. The molecular weight excluding hydrogens is 408 g/mol. The molecule has 0 aromatic carbocycles. The van der Waals surface area contributed by atoms with Gasteiger partial charge in [0.25, 0.3) is 5.91 Å². The summed E-state index contributed by atoms with van der Waals surface area (Å²) in [6.45, 7) is 2.91. The van der Waals surface area contributed by atoms with Crippen LogP contribution < -0.4 is 11.1 Å². The number of likely N-dealkylation sites (tertiary alicyclic amines) is 1. The van der Waals surface area contributed by atoms with Crippen LogP contribution in [-0.2, 0) is 16.1 Å². The molecular formula is C23H30N6O3. The fourth-order valence-corrected chi connectivity index (χ4v) is 5.69. The van der Waals surface area contributed by atoms with E-state index in [1.807, 2.05) is 0 Å². The predicted octanol–water partition coefficient (Wildman–Crippen LogP) is 1.46. The number of nitrogens with zero attached hydrogens (tertiary/aromatic N) is 4. The van der Waals surface area contributed by atoms with Crippen LogP contribution in [0.25, 0.3) is 10.9 Å². The highest BCUT2D eigenvalue weighted by Gasteiger charge is 2.56. The summed E-state index contributed by atoms with van der Waals surface area (Å²) < 4.78 is 1.47. The minimum atomic E-state index is -0.648. The Hall–Kier alpha value is -2.97. The van der Waals surface area contributed by atoms with E-state index < -0.39 is 11.9 Å². The molecule has 32 heavy (non-hydrogen) atoms. The summed E-state index contributed by atoms with van der Waals surface area (Å²) in [5.41, 5.74) is 6.16. The summed E-state index contributed by atoms with van der Waals surface area (Å²) >= 11 is 0. The molecule has 0 radical (unpaired) electrons. The molecule has 170 valence electrons. The van der Waals surface area contributed by atoms with Crippen molar-refractivity contribution in [3.63, 3.8) is 0 Å². The number of amides is 3. The maximum Gasteiger partial charge on any atom is 0.269 e. The number of aromatic nitrogens is 3. The van der Waals surface area contributed by atoms with Crippen LogP contribution in [0.4, 0.5) is 0 Å². The van der Waals surface area contributed by atoms with Crippen molar-refractivity contribution in [3.05, 3.63) is 24.2 Å². The number of carbonyl (C=O) groups is 3. The average molecular weight is 439 g/mol. The van der Waals surface area contributed by atoms with Crippen molar-refractivity contribution in [2.45, 2.75) is 64.1 Å². The number of hydrogen-bond acceptors (Lipinski definition) is 5. The third-order valence-corrected chi connectivity index (χ3v) is 7.38. The van der Waals surface area contributed by atoms with Crippen molar-refractivity contribution in [3.8, 4) is 0 Å². The maximum atomic E-state index is 13.3. The zero-order chi connectivity index (χ0) is 22.4. The summed E-state index contributed by atoms with van der Waals surface area (Å²) in [6.07, 6.45) is 9.61. The molecule has 3 N–H and O–H groups in total. The number of pyridine rings is 1. The van der Waals surface area contributed by atoms with Gasteiger partial charge >= 0.3 is 0 Å². The topological polar surface area (TPSA) is 123 Å². The Morgan fingerprint density at radius 2 is 2.06 bits per heavy atom. The summed E-state index contributed by atoms with van der Waals surface area (Å²) in [5.74, 6) is 0.788. The summed E-state index contributed by atoms with van der Waals surface area (Å²) in [4.78, 5) is 43.9. The van der Waals surface area contributed by atoms with E-state index >= 15 is 0 Å². The van der Waals surface area contributed by atoms with Gasteiger partial charge in [-0.2, -0.15) is 5.10 Å². The SMILES string of the molecule is C[C@@H]1CCCC(CNC(=O)[C@@H]2C[C@H]3C[C@H]3N2C(=O)Cn2nc(C(N)=O)c3ccncc32)C1. The van der Waals surface area contributed by atoms with E-state index in [4.69, 9.17) is 5.73 Å². The molecule has 1 unspecified atom stereocenters. The molecule has 1 saturated heterocycles. The second kappa shape index (κ2) is 8.18. The van der Waals surface area contributed by atoms with Crippen LogP contribution >= 0.6 is 0 Å². The van der Waals surface area contributed by atoms with E-state index in [0.29, 0.717) is 35.2 Å². The van der Waals surface area contributed by atoms with Gasteiger partial charge in [-0.05, 0) is 49.5 Å². The van der Waals surface area contributed by atoms with Gasteiger partial charge in [0, 0.05) is 24.2 Å². The Kier molecular flexibility index (Phi) is 5.35. The van der Waals surface area contributed by atoms with Crippen molar-refractivity contribution >= 4 is 28.6 Å². The lowest BCUT2D eigenvalue weighted by Crippen LogP contribution is -2.49. The summed E-state index contributed by atoms with van der Waals surface area (Å²) in [7, 11) is 0. The number of primary amides is 1. The zero-order valence-corrected chi connectivity index (χ0v) is 18.4. The standard InChI is InChI=1S/C23H30N6O3/c1-13-3-2-4-14(7-13)10-26-23(32)18-9-15-8-17(15)29(18)20(30)12-28-19-11-25-6-5-16(19)21(27-28)22(24)31/h5-6,11,13-15,17-18H,2-4,7-10,12H2,1H3,(H2,24,31)(H,26,32)/t13-,14?,15-,17-,18+/m1/s1. The van der Waals surface area contributed by atoms with Crippen LogP contribution in [0, 0.1) is 17.8 Å². The first-order valence-corrected chi connectivity index (χ1v) is 11.6. The minimum Gasteiger partial charge on any atom is -0.364 e. The maximum absolute atomic E-state index is 13.3. The van der Waals surface area contributed by atoms with Gasteiger partial charge in [-0.15, -0.1) is 0 Å². The molecule has 5 rings (SSSR count). The lowest BCUT2D eigenvalue weighted by Gasteiger charge is -2.30. The molecule has 3 fully saturated rings. The van der Waals surface area contributed by atoms with Gasteiger partial charge in [-0.1, -0.05) is 19.8 Å². The Bertz CT molecular complexity index is 1070. The van der Waals surface area contributed by atoms with E-state index in [1.54, 1.807) is 23.4 Å². The first kappa shape index (κ1) is 20.9. The second-order valence-electron chi connectivity index (χ2n) is 9.76. The fourth-order valence-electron chi connectivity index (χ4n) is 5.69. The fraction of sp³-hybridized carbons (Fsp3) is 0.609. The molecule has 5 atom stereocenters. The first-order valence-electron chi connectivity index (χ1n) is 11.6. The third-order valence-electron chi connectivity index (χ3n) is 7.38. The number of carbonyl (C=O) groups excluding carboxylic acids is 3. The van der Waals surface area contributed by atoms with Crippen molar-refractivity contribution in [2.75, 3.05) is 6.54 Å². The zero-order valence-electron chi connectivity index (χ0n) is 18.4. The molecule has 0 bridgehead atoms. The van der Waals surface area contributed by atoms with E-state index in [-0.39, 0.29) is 30.1 Å². The number of fused-ring (bicyclic) bond motifs is 2. The molecule has 9 heteroatoms. The second-order valence-corrected chi connectivity index (χ2v) is 9.76. The molecule has 2 aromatic rings.